The second-order valence-corrected chi connectivity index (χ2v) is 5.72. The van der Waals surface area contributed by atoms with Gasteiger partial charge in [0, 0.05) is 11.6 Å². The number of rotatable bonds is 2. The number of anilines is 1. The molecule has 1 heterocycles. The average molecular weight is 240 g/mol. The first-order chi connectivity index (χ1) is 8.59. The third kappa shape index (κ3) is 1.67. The second-order valence-electron chi connectivity index (χ2n) is 5.72. The van der Waals surface area contributed by atoms with Gasteiger partial charge in [-0.3, -0.25) is 0 Å². The fourth-order valence-electron chi connectivity index (χ4n) is 3.06. The van der Waals surface area contributed by atoms with Gasteiger partial charge in [-0.05, 0) is 65.8 Å². The molecule has 0 spiro atoms. The van der Waals surface area contributed by atoms with E-state index in [9.17, 15) is 0 Å². The van der Waals surface area contributed by atoms with Gasteiger partial charge in [0.25, 0.3) is 0 Å². The molecule has 0 unspecified atom stereocenters. The van der Waals surface area contributed by atoms with Crippen LogP contribution in [0.15, 0.2) is 18.3 Å². The molecule has 1 aromatic carbocycles. The van der Waals surface area contributed by atoms with E-state index in [1.807, 2.05) is 6.20 Å². The highest BCUT2D eigenvalue weighted by Crippen LogP contribution is 2.46. The lowest BCUT2D eigenvalue weighted by Gasteiger charge is -2.19. The zero-order chi connectivity index (χ0) is 12.9. The van der Waals surface area contributed by atoms with Crippen LogP contribution in [0.4, 0.5) is 5.82 Å². The summed E-state index contributed by atoms with van der Waals surface area (Å²) in [6.45, 7) is 6.79. The molecule has 0 amide bonds. The molecule has 2 aromatic rings. The molecule has 1 saturated carbocycles. The number of hydrogen-bond donors (Lipinski definition) is 1. The molecule has 0 bridgehead atoms. The van der Waals surface area contributed by atoms with Crippen molar-refractivity contribution >= 4 is 16.6 Å². The SMILES string of the molecule is Cc1c(C(C)C)c(C2CC2)cc2c(N)nccc12. The number of nitrogens with two attached hydrogens (primary N) is 1. The molecule has 94 valence electrons. The van der Waals surface area contributed by atoms with Crippen molar-refractivity contribution in [2.45, 2.75) is 45.4 Å². The molecule has 0 saturated heterocycles. The van der Waals surface area contributed by atoms with Crippen LogP contribution in [0.1, 0.15) is 55.2 Å². The Hall–Kier alpha value is -1.57. The summed E-state index contributed by atoms with van der Waals surface area (Å²) in [7, 11) is 0. The van der Waals surface area contributed by atoms with Crippen molar-refractivity contribution in [2.24, 2.45) is 0 Å². The van der Waals surface area contributed by atoms with E-state index < -0.39 is 0 Å². The highest BCUT2D eigenvalue weighted by molar-refractivity contribution is 5.94. The maximum Gasteiger partial charge on any atom is 0.131 e. The first-order valence-electron chi connectivity index (χ1n) is 6.77. The van der Waals surface area contributed by atoms with Crippen LogP contribution in [0, 0.1) is 6.92 Å². The second kappa shape index (κ2) is 3.98. The van der Waals surface area contributed by atoms with E-state index >= 15 is 0 Å². The fraction of sp³-hybridized carbons (Fsp3) is 0.438. The van der Waals surface area contributed by atoms with E-state index in [0.29, 0.717) is 11.7 Å². The Balaban J connectivity index is 2.37. The number of hydrogen-bond acceptors (Lipinski definition) is 2. The molecular weight excluding hydrogens is 220 g/mol. The summed E-state index contributed by atoms with van der Waals surface area (Å²) in [5.74, 6) is 1.98. The smallest absolute Gasteiger partial charge is 0.131 e. The van der Waals surface area contributed by atoms with Gasteiger partial charge < -0.3 is 5.73 Å². The minimum atomic E-state index is 0.569. The standard InChI is InChI=1S/C16H20N2/c1-9(2)15-10(3)12-6-7-18-16(17)14(12)8-13(15)11-4-5-11/h6-9,11H,4-5H2,1-3H3,(H2,17,18). The van der Waals surface area contributed by atoms with Gasteiger partial charge in [0.2, 0.25) is 0 Å². The van der Waals surface area contributed by atoms with Gasteiger partial charge in [0.15, 0.2) is 0 Å². The molecule has 2 nitrogen and oxygen atoms in total. The molecule has 0 radical (unpaired) electrons. The predicted molar refractivity (Wildman–Crippen MR) is 77.0 cm³/mol. The number of nitrogen functional groups attached to an aromatic ring is 1. The summed E-state index contributed by atoms with van der Waals surface area (Å²) >= 11 is 0. The normalized spacial score (nSPS) is 15.6. The highest BCUT2D eigenvalue weighted by Gasteiger charge is 2.28. The number of aryl methyl sites for hydroxylation is 1. The Labute approximate surface area is 108 Å². The Kier molecular flexibility index (Phi) is 2.54. The Bertz CT molecular complexity index is 610. The topological polar surface area (TPSA) is 38.9 Å². The quantitative estimate of drug-likeness (QED) is 0.857. The van der Waals surface area contributed by atoms with Crippen LogP contribution >= 0.6 is 0 Å². The summed E-state index contributed by atoms with van der Waals surface area (Å²) in [5.41, 5.74) is 10.4. The molecule has 2 N–H and O–H groups in total. The van der Waals surface area contributed by atoms with Crippen LogP contribution in [0.2, 0.25) is 0 Å². The zero-order valence-corrected chi connectivity index (χ0v) is 11.3. The van der Waals surface area contributed by atoms with Crippen molar-refractivity contribution in [3.05, 3.63) is 35.0 Å². The van der Waals surface area contributed by atoms with Gasteiger partial charge in [-0.15, -0.1) is 0 Å². The van der Waals surface area contributed by atoms with Crippen LogP contribution in [0.5, 0.6) is 0 Å². The molecule has 3 rings (SSSR count). The summed E-state index contributed by atoms with van der Waals surface area (Å²) in [5, 5.41) is 2.39. The molecular formula is C16H20N2. The Morgan fingerprint density at radius 1 is 1.28 bits per heavy atom. The predicted octanol–water partition coefficient (Wildman–Crippen LogP) is 4.13. The summed E-state index contributed by atoms with van der Waals surface area (Å²) in [6.07, 6.45) is 4.46. The molecule has 1 aliphatic carbocycles. The minimum absolute atomic E-state index is 0.569. The monoisotopic (exact) mass is 240 g/mol. The fourth-order valence-corrected chi connectivity index (χ4v) is 3.06. The van der Waals surface area contributed by atoms with Gasteiger partial charge in [0.05, 0.1) is 0 Å². The Morgan fingerprint density at radius 3 is 2.61 bits per heavy atom. The van der Waals surface area contributed by atoms with Gasteiger partial charge in [-0.1, -0.05) is 13.8 Å². The lowest BCUT2D eigenvalue weighted by molar-refractivity contribution is 0.835. The number of benzene rings is 1. The molecule has 2 heteroatoms. The summed E-state index contributed by atoms with van der Waals surface area (Å²) in [4.78, 5) is 4.22. The number of pyridine rings is 1. The lowest BCUT2D eigenvalue weighted by atomic mass is 9.87. The van der Waals surface area contributed by atoms with Gasteiger partial charge >= 0.3 is 0 Å². The largest absolute Gasteiger partial charge is 0.383 e. The van der Waals surface area contributed by atoms with Crippen LogP contribution in [-0.4, -0.2) is 4.98 Å². The zero-order valence-electron chi connectivity index (χ0n) is 11.3. The Morgan fingerprint density at radius 2 is 2.00 bits per heavy atom. The first-order valence-corrected chi connectivity index (χ1v) is 6.77. The molecule has 0 atom stereocenters. The van der Waals surface area contributed by atoms with Crippen molar-refractivity contribution in [2.75, 3.05) is 5.73 Å². The minimum Gasteiger partial charge on any atom is -0.383 e. The van der Waals surface area contributed by atoms with E-state index in [4.69, 9.17) is 5.73 Å². The van der Waals surface area contributed by atoms with Crippen molar-refractivity contribution in [1.82, 2.24) is 4.98 Å². The van der Waals surface area contributed by atoms with Crippen LogP contribution in [-0.2, 0) is 0 Å². The molecule has 0 aliphatic heterocycles. The van der Waals surface area contributed by atoms with Crippen LogP contribution in [0.3, 0.4) is 0 Å². The summed E-state index contributed by atoms with van der Waals surface area (Å²) in [6, 6.07) is 4.38. The van der Waals surface area contributed by atoms with Crippen molar-refractivity contribution in [3.63, 3.8) is 0 Å². The van der Waals surface area contributed by atoms with E-state index in [2.05, 4.69) is 37.9 Å². The average Bonchev–Trinajstić information content (AvgIpc) is 3.13. The molecule has 18 heavy (non-hydrogen) atoms. The molecule has 1 fully saturated rings. The molecule has 1 aromatic heterocycles. The van der Waals surface area contributed by atoms with E-state index in [1.165, 1.54) is 34.9 Å². The van der Waals surface area contributed by atoms with Crippen molar-refractivity contribution in [1.29, 1.82) is 0 Å². The summed E-state index contributed by atoms with van der Waals surface area (Å²) < 4.78 is 0. The van der Waals surface area contributed by atoms with Crippen LogP contribution < -0.4 is 5.73 Å². The highest BCUT2D eigenvalue weighted by atomic mass is 14.8. The lowest BCUT2D eigenvalue weighted by Crippen LogP contribution is -2.02. The van der Waals surface area contributed by atoms with Gasteiger partial charge in [0.1, 0.15) is 5.82 Å². The third-order valence-corrected chi connectivity index (χ3v) is 4.03. The number of nitrogens with zero attached hydrogens (tertiary/aromatic N) is 1. The maximum atomic E-state index is 6.03. The number of aromatic nitrogens is 1. The van der Waals surface area contributed by atoms with E-state index in [0.717, 1.165) is 11.3 Å². The first kappa shape index (κ1) is 11.5. The van der Waals surface area contributed by atoms with E-state index in [-0.39, 0.29) is 0 Å². The molecule has 1 aliphatic rings. The third-order valence-electron chi connectivity index (χ3n) is 4.03. The van der Waals surface area contributed by atoms with Crippen molar-refractivity contribution < 1.29 is 0 Å². The number of fused-ring (bicyclic) bond motifs is 1. The maximum absolute atomic E-state index is 6.03. The van der Waals surface area contributed by atoms with Crippen molar-refractivity contribution in [3.8, 4) is 0 Å². The van der Waals surface area contributed by atoms with E-state index in [1.54, 1.807) is 0 Å². The van der Waals surface area contributed by atoms with Crippen LogP contribution in [0.25, 0.3) is 10.8 Å². The van der Waals surface area contributed by atoms with Gasteiger partial charge in [-0.25, -0.2) is 4.98 Å². The van der Waals surface area contributed by atoms with Gasteiger partial charge in [-0.2, -0.15) is 0 Å².